The van der Waals surface area contributed by atoms with Crippen molar-refractivity contribution in [2.24, 2.45) is 0 Å². The molecule has 0 bridgehead atoms. The van der Waals surface area contributed by atoms with Gasteiger partial charge in [0.1, 0.15) is 5.82 Å². The smallest absolute Gasteiger partial charge is 0.251 e. The summed E-state index contributed by atoms with van der Waals surface area (Å²) in [5.74, 6) is 0.188. The maximum atomic E-state index is 14.0. The molecule has 2 amide bonds. The van der Waals surface area contributed by atoms with E-state index in [9.17, 15) is 14.0 Å². The lowest BCUT2D eigenvalue weighted by molar-refractivity contribution is -0.129. The third-order valence-electron chi connectivity index (χ3n) is 4.38. The molecular weight excluding hydrogens is 351 g/mol. The van der Waals surface area contributed by atoms with Crippen LogP contribution < -0.4 is 5.32 Å². The van der Waals surface area contributed by atoms with Crippen LogP contribution in [-0.2, 0) is 4.79 Å². The molecule has 0 spiro atoms. The quantitative estimate of drug-likeness (QED) is 0.896. The molecule has 1 N–H and O–H groups in total. The van der Waals surface area contributed by atoms with Crippen LogP contribution in [0.15, 0.2) is 54.6 Å². The zero-order valence-electron chi connectivity index (χ0n) is 14.4. The van der Waals surface area contributed by atoms with E-state index in [1.807, 2.05) is 18.2 Å². The van der Waals surface area contributed by atoms with E-state index in [1.54, 1.807) is 47.0 Å². The summed E-state index contributed by atoms with van der Waals surface area (Å²) in [6, 6.07) is 15.6. The third kappa shape index (κ3) is 4.64. The summed E-state index contributed by atoms with van der Waals surface area (Å²) >= 11 is 1.67. The highest BCUT2D eigenvalue weighted by atomic mass is 32.2. The predicted octanol–water partition coefficient (Wildman–Crippen LogP) is 3.26. The van der Waals surface area contributed by atoms with Gasteiger partial charge in [0.25, 0.3) is 5.91 Å². The molecule has 2 aromatic carbocycles. The molecule has 0 aromatic heterocycles. The minimum absolute atomic E-state index is 0.0250. The van der Waals surface area contributed by atoms with E-state index >= 15 is 0 Å². The zero-order chi connectivity index (χ0) is 18.4. The Labute approximate surface area is 156 Å². The fourth-order valence-corrected chi connectivity index (χ4v) is 4.22. The summed E-state index contributed by atoms with van der Waals surface area (Å²) in [4.78, 5) is 26.2. The number of halogens is 1. The Bertz CT molecular complexity index is 769. The van der Waals surface area contributed by atoms with Crippen LogP contribution >= 0.6 is 11.8 Å². The lowest BCUT2D eigenvalue weighted by atomic mass is 10.1. The molecule has 1 atom stereocenters. The number of amides is 2. The van der Waals surface area contributed by atoms with Crippen molar-refractivity contribution >= 4 is 23.6 Å². The van der Waals surface area contributed by atoms with Crippen molar-refractivity contribution in [2.75, 3.05) is 25.4 Å². The molecule has 6 heteroatoms. The number of carbonyl (C=O) groups is 2. The van der Waals surface area contributed by atoms with Crippen LogP contribution in [0, 0.1) is 5.82 Å². The highest BCUT2D eigenvalue weighted by molar-refractivity contribution is 7.99. The standard InChI is InChI=1S/C20H21FN2O2S/c21-17-9-5-4-8-16(17)18-10-11-23(12-13-26-18)19(24)14-22-20(25)15-6-2-1-3-7-15/h1-9,18H,10-14H2,(H,22,25)/t18-/m1/s1. The molecule has 1 saturated heterocycles. The van der Waals surface area contributed by atoms with Crippen molar-refractivity contribution in [1.29, 1.82) is 0 Å². The lowest BCUT2D eigenvalue weighted by Gasteiger charge is -2.20. The molecule has 1 aliphatic heterocycles. The highest BCUT2D eigenvalue weighted by Crippen LogP contribution is 2.35. The topological polar surface area (TPSA) is 49.4 Å². The van der Waals surface area contributed by atoms with Gasteiger partial charge in [0.2, 0.25) is 5.91 Å². The molecule has 3 rings (SSSR count). The predicted molar refractivity (Wildman–Crippen MR) is 102 cm³/mol. The molecule has 0 aliphatic carbocycles. The molecule has 26 heavy (non-hydrogen) atoms. The first-order valence-electron chi connectivity index (χ1n) is 8.62. The van der Waals surface area contributed by atoms with Crippen LogP contribution in [0.5, 0.6) is 0 Å². The maximum Gasteiger partial charge on any atom is 0.251 e. The molecule has 4 nitrogen and oxygen atoms in total. The molecule has 1 fully saturated rings. The summed E-state index contributed by atoms with van der Waals surface area (Å²) in [5.41, 5.74) is 1.23. The van der Waals surface area contributed by atoms with Crippen LogP contribution in [-0.4, -0.2) is 42.1 Å². The first-order chi connectivity index (χ1) is 12.6. The van der Waals surface area contributed by atoms with E-state index in [2.05, 4.69) is 5.32 Å². The average molecular weight is 372 g/mol. The molecule has 1 aliphatic rings. The Morgan fingerprint density at radius 2 is 1.81 bits per heavy atom. The number of nitrogens with zero attached hydrogens (tertiary/aromatic N) is 1. The van der Waals surface area contributed by atoms with Crippen molar-refractivity contribution in [3.63, 3.8) is 0 Å². The second-order valence-electron chi connectivity index (χ2n) is 6.10. The Hall–Kier alpha value is -2.34. The number of hydrogen-bond acceptors (Lipinski definition) is 3. The first-order valence-corrected chi connectivity index (χ1v) is 9.67. The van der Waals surface area contributed by atoms with Gasteiger partial charge in [0.05, 0.1) is 6.54 Å². The SMILES string of the molecule is O=C(NCC(=O)N1CCS[C@@H](c2ccccc2F)CC1)c1ccccc1. The number of rotatable bonds is 4. The lowest BCUT2D eigenvalue weighted by Crippen LogP contribution is -2.41. The van der Waals surface area contributed by atoms with Crippen molar-refractivity contribution < 1.29 is 14.0 Å². The fourth-order valence-electron chi connectivity index (χ4n) is 2.96. The molecule has 0 unspecified atom stereocenters. The minimum atomic E-state index is -0.257. The van der Waals surface area contributed by atoms with Gasteiger partial charge in [-0.15, -0.1) is 0 Å². The van der Waals surface area contributed by atoms with Crippen molar-refractivity contribution in [3.8, 4) is 0 Å². The number of carbonyl (C=O) groups excluding carboxylic acids is 2. The van der Waals surface area contributed by atoms with Gasteiger partial charge in [-0.3, -0.25) is 9.59 Å². The largest absolute Gasteiger partial charge is 0.343 e. The van der Waals surface area contributed by atoms with Gasteiger partial charge in [0.15, 0.2) is 0 Å². The highest BCUT2D eigenvalue weighted by Gasteiger charge is 2.23. The Balaban J connectivity index is 1.53. The Morgan fingerprint density at radius 3 is 2.58 bits per heavy atom. The van der Waals surface area contributed by atoms with Gasteiger partial charge in [-0.25, -0.2) is 4.39 Å². The monoisotopic (exact) mass is 372 g/mol. The first kappa shape index (κ1) is 18.5. The molecule has 2 aromatic rings. The third-order valence-corrected chi connectivity index (χ3v) is 5.69. The van der Waals surface area contributed by atoms with E-state index < -0.39 is 0 Å². The molecule has 0 saturated carbocycles. The Kier molecular flexibility index (Phi) is 6.28. The van der Waals surface area contributed by atoms with E-state index in [0.29, 0.717) is 30.6 Å². The van der Waals surface area contributed by atoms with Crippen LogP contribution in [0.2, 0.25) is 0 Å². The van der Waals surface area contributed by atoms with Gasteiger partial charge in [0, 0.05) is 35.2 Å². The van der Waals surface area contributed by atoms with Gasteiger partial charge < -0.3 is 10.2 Å². The van der Waals surface area contributed by atoms with Crippen molar-refractivity contribution in [3.05, 3.63) is 71.5 Å². The number of hydrogen-bond donors (Lipinski definition) is 1. The van der Waals surface area contributed by atoms with Crippen LogP contribution in [0.3, 0.4) is 0 Å². The minimum Gasteiger partial charge on any atom is -0.343 e. The molecule has 0 radical (unpaired) electrons. The van der Waals surface area contributed by atoms with Gasteiger partial charge in [-0.1, -0.05) is 36.4 Å². The van der Waals surface area contributed by atoms with Gasteiger partial charge in [-0.2, -0.15) is 11.8 Å². The second-order valence-corrected chi connectivity index (χ2v) is 7.41. The zero-order valence-corrected chi connectivity index (χ0v) is 15.2. The summed E-state index contributed by atoms with van der Waals surface area (Å²) in [6.45, 7) is 1.14. The Morgan fingerprint density at radius 1 is 1.08 bits per heavy atom. The van der Waals surface area contributed by atoms with Gasteiger partial charge in [-0.05, 0) is 24.6 Å². The van der Waals surface area contributed by atoms with Gasteiger partial charge >= 0.3 is 0 Å². The normalized spacial score (nSPS) is 17.4. The van der Waals surface area contributed by atoms with Crippen LogP contribution in [0.1, 0.15) is 27.6 Å². The number of thioether (sulfide) groups is 1. The van der Waals surface area contributed by atoms with E-state index in [-0.39, 0.29) is 29.4 Å². The van der Waals surface area contributed by atoms with Crippen LogP contribution in [0.25, 0.3) is 0 Å². The average Bonchev–Trinajstić information content (AvgIpc) is 2.93. The summed E-state index contributed by atoms with van der Waals surface area (Å²) < 4.78 is 14.0. The molecule has 136 valence electrons. The second kappa shape index (κ2) is 8.85. The van der Waals surface area contributed by atoms with Crippen molar-refractivity contribution in [2.45, 2.75) is 11.7 Å². The van der Waals surface area contributed by atoms with E-state index in [0.717, 1.165) is 5.75 Å². The summed E-state index contributed by atoms with van der Waals surface area (Å²) in [6.07, 6.45) is 0.698. The number of nitrogens with one attached hydrogen (secondary N) is 1. The number of benzene rings is 2. The van der Waals surface area contributed by atoms with Crippen molar-refractivity contribution in [1.82, 2.24) is 10.2 Å². The summed E-state index contributed by atoms with van der Waals surface area (Å²) in [7, 11) is 0. The fraction of sp³-hybridized carbons (Fsp3) is 0.300. The van der Waals surface area contributed by atoms with E-state index in [1.165, 1.54) is 6.07 Å². The summed E-state index contributed by atoms with van der Waals surface area (Å²) in [5, 5.41) is 2.72. The maximum absolute atomic E-state index is 14.0. The van der Waals surface area contributed by atoms with Crippen LogP contribution in [0.4, 0.5) is 4.39 Å². The molecule has 1 heterocycles. The van der Waals surface area contributed by atoms with E-state index in [4.69, 9.17) is 0 Å². The molecular formula is C20H21FN2O2S.